The highest BCUT2D eigenvalue weighted by Crippen LogP contribution is 2.24. The number of aromatic nitrogens is 2. The lowest BCUT2D eigenvalue weighted by Crippen LogP contribution is -2.14. The fourth-order valence-corrected chi connectivity index (χ4v) is 2.08. The minimum absolute atomic E-state index is 0.245. The van der Waals surface area contributed by atoms with Gasteiger partial charge in [0.05, 0.1) is 22.0 Å². The Morgan fingerprint density at radius 1 is 1.50 bits per heavy atom. The number of anilines is 1. The van der Waals surface area contributed by atoms with Gasteiger partial charge in [-0.15, -0.1) is 0 Å². The van der Waals surface area contributed by atoms with Crippen molar-refractivity contribution in [3.8, 4) is 0 Å². The molecule has 2 aromatic rings. The molecule has 1 heterocycles. The zero-order chi connectivity index (χ0) is 14.9. The van der Waals surface area contributed by atoms with E-state index in [2.05, 4.69) is 10.4 Å². The van der Waals surface area contributed by atoms with Crippen LogP contribution in [0.3, 0.4) is 0 Å². The van der Waals surface area contributed by atoms with Crippen molar-refractivity contribution in [3.05, 3.63) is 46.2 Å². The van der Waals surface area contributed by atoms with Crippen molar-refractivity contribution in [2.75, 3.05) is 5.32 Å². The number of carbonyl (C=O) groups excluding carboxylic acids is 1. The second-order valence-corrected chi connectivity index (χ2v) is 5.16. The first-order valence-corrected chi connectivity index (χ1v) is 6.58. The minimum Gasteiger partial charge on any atom is -0.389 e. The molecule has 0 unspecified atom stereocenters. The summed E-state index contributed by atoms with van der Waals surface area (Å²) in [7, 11) is 1.75. The van der Waals surface area contributed by atoms with Crippen LogP contribution in [-0.4, -0.2) is 20.7 Å². The summed E-state index contributed by atoms with van der Waals surface area (Å²) in [4.78, 5) is 12.4. The minimum atomic E-state index is -0.280. The van der Waals surface area contributed by atoms with Gasteiger partial charge in [0.15, 0.2) is 0 Å². The van der Waals surface area contributed by atoms with Crippen molar-refractivity contribution in [1.29, 1.82) is 0 Å². The second-order valence-electron chi connectivity index (χ2n) is 4.31. The monoisotopic (exact) mass is 308 g/mol. The van der Waals surface area contributed by atoms with Crippen LogP contribution in [-0.2, 0) is 7.05 Å². The predicted molar refractivity (Wildman–Crippen MR) is 83.2 cm³/mol. The molecule has 0 spiro atoms. The third kappa shape index (κ3) is 2.97. The predicted octanol–water partition coefficient (Wildman–Crippen LogP) is 2.27. The molecule has 7 heteroatoms. The van der Waals surface area contributed by atoms with Crippen LogP contribution in [0.2, 0.25) is 5.02 Å². The Kier molecular flexibility index (Phi) is 4.06. The van der Waals surface area contributed by atoms with E-state index < -0.39 is 0 Å². The van der Waals surface area contributed by atoms with Crippen molar-refractivity contribution in [2.24, 2.45) is 12.8 Å². The van der Waals surface area contributed by atoms with Gasteiger partial charge in [-0.2, -0.15) is 5.10 Å². The van der Waals surface area contributed by atoms with E-state index >= 15 is 0 Å². The maximum absolute atomic E-state index is 12.2. The van der Waals surface area contributed by atoms with Crippen molar-refractivity contribution >= 4 is 40.4 Å². The molecule has 0 aliphatic carbocycles. The molecule has 0 fully saturated rings. The number of thiocarbonyl (C=S) groups is 1. The van der Waals surface area contributed by atoms with Crippen LogP contribution in [0, 0.1) is 6.92 Å². The van der Waals surface area contributed by atoms with Crippen LogP contribution in [0.4, 0.5) is 5.69 Å². The maximum atomic E-state index is 12.2. The second kappa shape index (κ2) is 5.60. The Bertz CT molecular complexity index is 696. The third-order valence-corrected chi connectivity index (χ3v) is 3.32. The van der Waals surface area contributed by atoms with Gasteiger partial charge >= 0.3 is 0 Å². The van der Waals surface area contributed by atoms with Gasteiger partial charge in [-0.05, 0) is 19.1 Å². The molecular weight excluding hydrogens is 296 g/mol. The Balaban J connectivity index is 2.30. The van der Waals surface area contributed by atoms with Gasteiger partial charge < -0.3 is 11.1 Å². The van der Waals surface area contributed by atoms with Crippen LogP contribution < -0.4 is 11.1 Å². The molecule has 1 aromatic heterocycles. The smallest absolute Gasteiger partial charge is 0.259 e. The molecule has 104 valence electrons. The molecule has 5 nitrogen and oxygen atoms in total. The first-order chi connectivity index (χ1) is 9.38. The average molecular weight is 309 g/mol. The quantitative estimate of drug-likeness (QED) is 0.853. The van der Waals surface area contributed by atoms with Crippen LogP contribution in [0.5, 0.6) is 0 Å². The zero-order valence-electron chi connectivity index (χ0n) is 11.0. The van der Waals surface area contributed by atoms with Gasteiger partial charge in [0.1, 0.15) is 4.99 Å². The normalized spacial score (nSPS) is 10.3. The lowest BCUT2D eigenvalue weighted by molar-refractivity contribution is 0.102. The van der Waals surface area contributed by atoms with Gasteiger partial charge in [-0.25, -0.2) is 0 Å². The molecule has 0 aliphatic rings. The number of hydrogen-bond acceptors (Lipinski definition) is 3. The Hall–Kier alpha value is -1.92. The summed E-state index contributed by atoms with van der Waals surface area (Å²) in [5.74, 6) is -0.280. The molecule has 0 saturated heterocycles. The van der Waals surface area contributed by atoms with Gasteiger partial charge in [-0.3, -0.25) is 9.48 Å². The van der Waals surface area contributed by atoms with E-state index in [1.807, 2.05) is 0 Å². The highest BCUT2D eigenvalue weighted by atomic mass is 35.5. The van der Waals surface area contributed by atoms with E-state index in [4.69, 9.17) is 29.6 Å². The van der Waals surface area contributed by atoms with Gasteiger partial charge in [0.2, 0.25) is 0 Å². The molecule has 0 aliphatic heterocycles. The molecular formula is C13H13ClN4OS. The largest absolute Gasteiger partial charge is 0.389 e. The van der Waals surface area contributed by atoms with Crippen LogP contribution in [0.1, 0.15) is 21.6 Å². The molecule has 0 bridgehead atoms. The molecule has 0 radical (unpaired) electrons. The summed E-state index contributed by atoms with van der Waals surface area (Å²) in [5.41, 5.74) is 7.80. The Morgan fingerprint density at radius 3 is 2.75 bits per heavy atom. The number of amides is 1. The molecule has 3 N–H and O–H groups in total. The van der Waals surface area contributed by atoms with Gasteiger partial charge in [-0.1, -0.05) is 29.9 Å². The summed E-state index contributed by atoms with van der Waals surface area (Å²) in [6, 6.07) is 4.99. The Morgan fingerprint density at radius 2 is 2.20 bits per heavy atom. The molecule has 1 aromatic carbocycles. The summed E-state index contributed by atoms with van der Waals surface area (Å²) in [6.07, 6.45) is 1.65. The van der Waals surface area contributed by atoms with E-state index in [9.17, 15) is 4.79 Å². The zero-order valence-corrected chi connectivity index (χ0v) is 12.5. The lowest BCUT2D eigenvalue weighted by Gasteiger charge is -2.08. The molecule has 0 atom stereocenters. The highest BCUT2D eigenvalue weighted by molar-refractivity contribution is 7.80. The number of nitrogens with two attached hydrogens (primary N) is 1. The fourth-order valence-electron chi connectivity index (χ4n) is 1.79. The van der Waals surface area contributed by atoms with Crippen molar-refractivity contribution in [2.45, 2.75) is 6.92 Å². The van der Waals surface area contributed by atoms with E-state index in [1.54, 1.807) is 43.0 Å². The number of nitrogens with zero attached hydrogens (tertiary/aromatic N) is 2. The van der Waals surface area contributed by atoms with E-state index in [0.29, 0.717) is 27.5 Å². The highest BCUT2D eigenvalue weighted by Gasteiger charge is 2.14. The Labute approximate surface area is 126 Å². The van der Waals surface area contributed by atoms with Crippen LogP contribution >= 0.6 is 23.8 Å². The van der Waals surface area contributed by atoms with Crippen LogP contribution in [0.15, 0.2) is 24.4 Å². The summed E-state index contributed by atoms with van der Waals surface area (Å²) in [6.45, 7) is 1.77. The number of hydrogen-bond donors (Lipinski definition) is 2. The van der Waals surface area contributed by atoms with Crippen molar-refractivity contribution in [3.63, 3.8) is 0 Å². The number of carbonyl (C=O) groups is 1. The van der Waals surface area contributed by atoms with Crippen molar-refractivity contribution in [1.82, 2.24) is 9.78 Å². The number of nitrogens with one attached hydrogen (secondary N) is 1. The summed E-state index contributed by atoms with van der Waals surface area (Å²) in [5, 5.41) is 7.28. The third-order valence-electron chi connectivity index (χ3n) is 2.76. The fraction of sp³-hybridized carbons (Fsp3) is 0.154. The van der Waals surface area contributed by atoms with Gasteiger partial charge in [0.25, 0.3) is 5.91 Å². The molecule has 2 rings (SSSR count). The van der Waals surface area contributed by atoms with E-state index in [-0.39, 0.29) is 10.9 Å². The maximum Gasteiger partial charge on any atom is 0.259 e. The first-order valence-electron chi connectivity index (χ1n) is 5.79. The summed E-state index contributed by atoms with van der Waals surface area (Å²) >= 11 is 11.0. The summed E-state index contributed by atoms with van der Waals surface area (Å²) < 4.78 is 1.58. The molecule has 1 amide bonds. The van der Waals surface area contributed by atoms with Gasteiger partial charge in [0, 0.05) is 18.8 Å². The molecule has 20 heavy (non-hydrogen) atoms. The van der Waals surface area contributed by atoms with Crippen molar-refractivity contribution < 1.29 is 4.79 Å². The molecule has 0 saturated carbocycles. The lowest BCUT2D eigenvalue weighted by atomic mass is 10.2. The standard InChI is InChI=1S/C13H13ClN4OS/c1-7-9(6-18(2)17-7)13(19)16-11-5-8(12(15)20)3-4-10(11)14/h3-6H,1-2H3,(H2,15,20)(H,16,19). The van der Waals surface area contributed by atoms with E-state index in [0.717, 1.165) is 0 Å². The number of benzene rings is 1. The SMILES string of the molecule is Cc1nn(C)cc1C(=O)Nc1cc(C(N)=S)ccc1Cl. The van der Waals surface area contributed by atoms with Crippen LogP contribution in [0.25, 0.3) is 0 Å². The number of halogens is 1. The first kappa shape index (κ1) is 14.5. The number of rotatable bonds is 3. The van der Waals surface area contributed by atoms with E-state index in [1.165, 1.54) is 0 Å². The number of aryl methyl sites for hydroxylation is 2. The average Bonchev–Trinajstić information content (AvgIpc) is 2.71. The topological polar surface area (TPSA) is 72.9 Å².